The van der Waals surface area contributed by atoms with Crippen LogP contribution in [0.4, 0.5) is 0 Å². The summed E-state index contributed by atoms with van der Waals surface area (Å²) in [5, 5.41) is 6.00. The molecule has 0 aromatic carbocycles. The minimum atomic E-state index is -0.202. The number of methoxy groups -OCH3 is 1. The van der Waals surface area contributed by atoms with Gasteiger partial charge in [-0.25, -0.2) is 0 Å². The van der Waals surface area contributed by atoms with Crippen molar-refractivity contribution in [3.05, 3.63) is 24.0 Å². The van der Waals surface area contributed by atoms with Crippen molar-refractivity contribution in [2.75, 3.05) is 20.3 Å². The molecule has 1 atom stereocenters. The monoisotopic (exact) mass is 253 g/mol. The maximum absolute atomic E-state index is 11.7. The van der Waals surface area contributed by atoms with E-state index < -0.39 is 0 Å². The second-order valence-corrected chi connectivity index (χ2v) is 4.24. The molecule has 0 saturated carbocycles. The summed E-state index contributed by atoms with van der Waals surface area (Å²) < 4.78 is 6.99. The summed E-state index contributed by atoms with van der Waals surface area (Å²) in [6.07, 6.45) is 4.13. The molecule has 0 aliphatic rings. The maximum atomic E-state index is 11.7. The highest BCUT2D eigenvalue weighted by Gasteiger charge is 2.11. The van der Waals surface area contributed by atoms with Gasteiger partial charge in [0.2, 0.25) is 5.91 Å². The van der Waals surface area contributed by atoms with Gasteiger partial charge in [-0.15, -0.1) is 0 Å². The van der Waals surface area contributed by atoms with Crippen molar-refractivity contribution in [1.29, 1.82) is 0 Å². The molecule has 2 N–H and O–H groups in total. The summed E-state index contributed by atoms with van der Waals surface area (Å²) in [6.45, 7) is 6.71. The number of hydrogen-bond acceptors (Lipinski definition) is 3. The Morgan fingerprint density at radius 3 is 2.94 bits per heavy atom. The number of ether oxygens (including phenoxy) is 1. The second kappa shape index (κ2) is 7.89. The number of nitrogens with one attached hydrogen (secondary N) is 2. The van der Waals surface area contributed by atoms with Crippen LogP contribution in [0.15, 0.2) is 18.5 Å². The van der Waals surface area contributed by atoms with E-state index >= 15 is 0 Å². The van der Waals surface area contributed by atoms with Crippen molar-refractivity contribution < 1.29 is 9.53 Å². The quantitative estimate of drug-likeness (QED) is 0.672. The average molecular weight is 253 g/mol. The van der Waals surface area contributed by atoms with E-state index in [9.17, 15) is 4.79 Å². The summed E-state index contributed by atoms with van der Waals surface area (Å²) in [5.41, 5.74) is 1.19. The highest BCUT2D eigenvalue weighted by atomic mass is 16.5. The lowest BCUT2D eigenvalue weighted by Crippen LogP contribution is -2.42. The largest absolute Gasteiger partial charge is 0.383 e. The molecule has 0 radical (unpaired) electrons. The minimum absolute atomic E-state index is 0.00183. The van der Waals surface area contributed by atoms with Crippen LogP contribution >= 0.6 is 0 Å². The zero-order chi connectivity index (χ0) is 13.4. The highest BCUT2D eigenvalue weighted by Crippen LogP contribution is 2.01. The molecular weight excluding hydrogens is 230 g/mol. The maximum Gasteiger partial charge on any atom is 0.236 e. The van der Waals surface area contributed by atoms with E-state index in [0.717, 1.165) is 6.54 Å². The number of carbonyl (C=O) groups is 1. The Hall–Kier alpha value is -1.33. The van der Waals surface area contributed by atoms with E-state index in [1.807, 2.05) is 13.1 Å². The fourth-order valence-electron chi connectivity index (χ4n) is 1.58. The van der Waals surface area contributed by atoms with Gasteiger partial charge in [0.15, 0.2) is 0 Å². The molecule has 18 heavy (non-hydrogen) atoms. The van der Waals surface area contributed by atoms with Crippen LogP contribution in [0.2, 0.25) is 0 Å². The molecule has 5 heteroatoms. The van der Waals surface area contributed by atoms with Crippen LogP contribution in [-0.2, 0) is 22.6 Å². The molecule has 1 heterocycles. The third-order valence-electron chi connectivity index (χ3n) is 2.79. The van der Waals surface area contributed by atoms with Gasteiger partial charge in [-0.2, -0.15) is 0 Å². The van der Waals surface area contributed by atoms with E-state index in [4.69, 9.17) is 4.74 Å². The van der Waals surface area contributed by atoms with Gasteiger partial charge in [0.05, 0.1) is 12.6 Å². The van der Waals surface area contributed by atoms with Crippen molar-refractivity contribution in [2.24, 2.45) is 0 Å². The molecule has 0 aliphatic carbocycles. The molecule has 1 aromatic rings. The van der Waals surface area contributed by atoms with Crippen LogP contribution in [0.3, 0.4) is 0 Å². The van der Waals surface area contributed by atoms with Crippen LogP contribution in [0.1, 0.15) is 19.4 Å². The van der Waals surface area contributed by atoms with Crippen LogP contribution in [-0.4, -0.2) is 36.8 Å². The van der Waals surface area contributed by atoms with Crippen molar-refractivity contribution in [2.45, 2.75) is 33.0 Å². The number of nitrogens with zero attached hydrogens (tertiary/aromatic N) is 1. The molecule has 1 rings (SSSR count). The zero-order valence-electron chi connectivity index (χ0n) is 11.4. The smallest absolute Gasteiger partial charge is 0.236 e. The molecule has 0 fully saturated rings. The zero-order valence-corrected chi connectivity index (χ0v) is 11.4. The molecule has 0 aliphatic heterocycles. The first-order valence-electron chi connectivity index (χ1n) is 6.32. The first-order valence-corrected chi connectivity index (χ1v) is 6.32. The van der Waals surface area contributed by atoms with Gasteiger partial charge in [0.1, 0.15) is 0 Å². The van der Waals surface area contributed by atoms with Crippen LogP contribution in [0.25, 0.3) is 0 Å². The van der Waals surface area contributed by atoms with Crippen molar-refractivity contribution in [3.8, 4) is 0 Å². The van der Waals surface area contributed by atoms with Gasteiger partial charge in [-0.05, 0) is 25.5 Å². The number of carbonyl (C=O) groups excluding carboxylic acids is 1. The SMILES string of the molecule is CCn1ccc(CNC(C)C(=O)NCCOC)c1. The Labute approximate surface area is 109 Å². The Kier molecular flexibility index (Phi) is 6.46. The number of aromatic nitrogens is 1. The van der Waals surface area contributed by atoms with Gasteiger partial charge >= 0.3 is 0 Å². The Morgan fingerprint density at radius 2 is 2.33 bits per heavy atom. The third-order valence-corrected chi connectivity index (χ3v) is 2.79. The normalized spacial score (nSPS) is 12.4. The minimum Gasteiger partial charge on any atom is -0.383 e. The van der Waals surface area contributed by atoms with Gasteiger partial charge in [-0.1, -0.05) is 0 Å². The van der Waals surface area contributed by atoms with Gasteiger partial charge in [0, 0.05) is 39.1 Å². The van der Waals surface area contributed by atoms with Crippen LogP contribution < -0.4 is 10.6 Å². The standard InChI is InChI=1S/C13H23N3O2/c1-4-16-7-5-12(10-16)9-15-11(2)13(17)14-6-8-18-3/h5,7,10-11,15H,4,6,8-9H2,1-3H3,(H,14,17). The lowest BCUT2D eigenvalue weighted by Gasteiger charge is -2.13. The molecular formula is C13H23N3O2. The van der Waals surface area contributed by atoms with Crippen molar-refractivity contribution >= 4 is 5.91 Å². The average Bonchev–Trinajstić information content (AvgIpc) is 2.84. The summed E-state index contributed by atoms with van der Waals surface area (Å²) in [5.74, 6) is 0.00183. The topological polar surface area (TPSA) is 55.3 Å². The van der Waals surface area contributed by atoms with Gasteiger partial charge < -0.3 is 19.9 Å². The Bertz CT molecular complexity index is 363. The van der Waals surface area contributed by atoms with Gasteiger partial charge in [-0.3, -0.25) is 4.79 Å². The fourth-order valence-corrected chi connectivity index (χ4v) is 1.58. The number of hydrogen-bond donors (Lipinski definition) is 2. The summed E-state index contributed by atoms with van der Waals surface area (Å²) in [4.78, 5) is 11.7. The van der Waals surface area contributed by atoms with E-state index in [1.165, 1.54) is 5.56 Å². The summed E-state index contributed by atoms with van der Waals surface area (Å²) in [6, 6.07) is 1.86. The number of amides is 1. The predicted octanol–water partition coefficient (Wildman–Crippen LogP) is 0.749. The molecule has 0 saturated heterocycles. The Balaban J connectivity index is 2.27. The number of rotatable bonds is 8. The number of aryl methyl sites for hydroxylation is 1. The molecule has 0 bridgehead atoms. The van der Waals surface area contributed by atoms with E-state index in [-0.39, 0.29) is 11.9 Å². The van der Waals surface area contributed by atoms with Gasteiger partial charge in [0.25, 0.3) is 0 Å². The lowest BCUT2D eigenvalue weighted by atomic mass is 10.2. The highest BCUT2D eigenvalue weighted by molar-refractivity contribution is 5.81. The second-order valence-electron chi connectivity index (χ2n) is 4.24. The summed E-state index contributed by atoms with van der Waals surface area (Å²) in [7, 11) is 1.62. The van der Waals surface area contributed by atoms with E-state index in [0.29, 0.717) is 19.7 Å². The van der Waals surface area contributed by atoms with E-state index in [2.05, 4.69) is 34.4 Å². The lowest BCUT2D eigenvalue weighted by molar-refractivity contribution is -0.122. The molecule has 5 nitrogen and oxygen atoms in total. The first kappa shape index (κ1) is 14.7. The first-order chi connectivity index (χ1) is 8.67. The van der Waals surface area contributed by atoms with Crippen molar-refractivity contribution in [3.63, 3.8) is 0 Å². The molecule has 0 spiro atoms. The predicted molar refractivity (Wildman–Crippen MR) is 71.3 cm³/mol. The van der Waals surface area contributed by atoms with E-state index in [1.54, 1.807) is 7.11 Å². The Morgan fingerprint density at radius 1 is 1.56 bits per heavy atom. The van der Waals surface area contributed by atoms with Crippen LogP contribution in [0, 0.1) is 0 Å². The third kappa shape index (κ3) is 4.89. The van der Waals surface area contributed by atoms with Crippen LogP contribution in [0.5, 0.6) is 0 Å². The fraction of sp³-hybridized carbons (Fsp3) is 0.615. The molecule has 1 amide bonds. The summed E-state index contributed by atoms with van der Waals surface area (Å²) >= 11 is 0. The molecule has 1 aromatic heterocycles. The van der Waals surface area contributed by atoms with Crippen molar-refractivity contribution in [1.82, 2.24) is 15.2 Å². The molecule has 102 valence electrons. The molecule has 1 unspecified atom stereocenters.